The predicted octanol–water partition coefficient (Wildman–Crippen LogP) is 5.49. The number of ether oxygens (including phenoxy) is 1. The van der Waals surface area contributed by atoms with Crippen molar-refractivity contribution in [2.45, 2.75) is 12.5 Å². The summed E-state index contributed by atoms with van der Waals surface area (Å²) in [4.78, 5) is 3.54. The van der Waals surface area contributed by atoms with E-state index in [-0.39, 0.29) is 6.04 Å². The van der Waals surface area contributed by atoms with Crippen molar-refractivity contribution in [1.29, 1.82) is 0 Å². The van der Waals surface area contributed by atoms with Crippen LogP contribution >= 0.6 is 23.4 Å². The first-order chi connectivity index (χ1) is 12.2. The van der Waals surface area contributed by atoms with Gasteiger partial charge < -0.3 is 9.72 Å². The number of nitrogens with zero attached hydrogens (tertiary/aromatic N) is 1. The van der Waals surface area contributed by atoms with Gasteiger partial charge in [-0.05, 0) is 59.7 Å². The van der Waals surface area contributed by atoms with Crippen molar-refractivity contribution in [3.8, 4) is 5.75 Å². The van der Waals surface area contributed by atoms with Crippen LogP contribution in [0.4, 0.5) is 0 Å². The zero-order valence-electron chi connectivity index (χ0n) is 13.6. The molecule has 1 unspecified atom stereocenters. The average Bonchev–Trinajstić information content (AvgIpc) is 2.98. The molecule has 2 heterocycles. The lowest BCUT2D eigenvalue weighted by molar-refractivity contribution is 0.357. The number of nitrogens with one attached hydrogen (secondary N) is 1. The molecule has 1 aliphatic rings. The summed E-state index contributed by atoms with van der Waals surface area (Å²) >= 11 is 12.8. The molecule has 5 heteroatoms. The molecule has 4 rings (SSSR count). The standard InChI is InChI=1S/C20H18Cl2N2O/c1-2-11-25-15-6-3-13(4-7-15)20-19-16(9-10-24(20)22)17-12-14(21)5-8-18(17)23-19/h2-8,12,20,23H,1,9-11H2. The minimum absolute atomic E-state index is 0.0231. The Morgan fingerprint density at radius 3 is 2.80 bits per heavy atom. The monoisotopic (exact) mass is 372 g/mol. The maximum atomic E-state index is 6.57. The number of fused-ring (bicyclic) bond motifs is 3. The van der Waals surface area contributed by atoms with E-state index in [0.29, 0.717) is 6.61 Å². The van der Waals surface area contributed by atoms with Gasteiger partial charge in [0.05, 0.1) is 6.04 Å². The smallest absolute Gasteiger partial charge is 0.119 e. The van der Waals surface area contributed by atoms with Crippen LogP contribution in [-0.2, 0) is 6.42 Å². The van der Waals surface area contributed by atoms with E-state index in [1.54, 1.807) is 6.08 Å². The topological polar surface area (TPSA) is 28.3 Å². The van der Waals surface area contributed by atoms with Gasteiger partial charge in [0.2, 0.25) is 0 Å². The Hall–Kier alpha value is -1.94. The number of rotatable bonds is 4. The van der Waals surface area contributed by atoms with Gasteiger partial charge >= 0.3 is 0 Å². The first-order valence-electron chi connectivity index (χ1n) is 8.23. The van der Waals surface area contributed by atoms with E-state index < -0.39 is 0 Å². The van der Waals surface area contributed by atoms with Gasteiger partial charge in [-0.25, -0.2) is 4.42 Å². The SMILES string of the molecule is C=CCOc1ccc(C2c3[nH]c4ccc(Cl)cc4c3CCN2Cl)cc1. The molecule has 0 amide bonds. The lowest BCUT2D eigenvalue weighted by Crippen LogP contribution is -2.28. The zero-order chi connectivity index (χ0) is 17.4. The minimum Gasteiger partial charge on any atom is -0.490 e. The van der Waals surface area contributed by atoms with Crippen LogP contribution in [-0.4, -0.2) is 22.6 Å². The molecule has 0 aliphatic carbocycles. The van der Waals surface area contributed by atoms with Crippen LogP contribution < -0.4 is 4.74 Å². The molecule has 3 nitrogen and oxygen atoms in total. The van der Waals surface area contributed by atoms with Crippen molar-refractivity contribution in [3.05, 3.63) is 77.0 Å². The number of aromatic nitrogens is 1. The first kappa shape index (κ1) is 16.5. The number of halogens is 2. The maximum Gasteiger partial charge on any atom is 0.119 e. The molecular weight excluding hydrogens is 355 g/mol. The molecule has 0 bridgehead atoms. The van der Waals surface area contributed by atoms with Crippen LogP contribution in [0.1, 0.15) is 22.9 Å². The largest absolute Gasteiger partial charge is 0.490 e. The highest BCUT2D eigenvalue weighted by molar-refractivity contribution is 6.31. The van der Waals surface area contributed by atoms with E-state index in [0.717, 1.165) is 40.5 Å². The number of H-pyrrole nitrogens is 1. The molecule has 25 heavy (non-hydrogen) atoms. The average molecular weight is 373 g/mol. The molecule has 0 spiro atoms. The summed E-state index contributed by atoms with van der Waals surface area (Å²) in [6.45, 7) is 4.95. The van der Waals surface area contributed by atoms with Crippen LogP contribution in [0, 0.1) is 0 Å². The molecule has 0 radical (unpaired) electrons. The molecule has 1 atom stereocenters. The van der Waals surface area contributed by atoms with E-state index in [1.807, 2.05) is 34.8 Å². The molecule has 1 aliphatic heterocycles. The molecule has 128 valence electrons. The van der Waals surface area contributed by atoms with Crippen LogP contribution in [0.5, 0.6) is 5.75 Å². The van der Waals surface area contributed by atoms with Gasteiger partial charge in [-0.2, -0.15) is 0 Å². The van der Waals surface area contributed by atoms with Gasteiger partial charge in [0, 0.05) is 28.2 Å². The Bertz CT molecular complexity index is 917. The van der Waals surface area contributed by atoms with Crippen molar-refractivity contribution < 1.29 is 4.74 Å². The minimum atomic E-state index is -0.0231. The van der Waals surface area contributed by atoms with Gasteiger partial charge in [0.25, 0.3) is 0 Å². The number of aromatic amines is 1. The molecule has 1 aromatic heterocycles. The fourth-order valence-electron chi connectivity index (χ4n) is 3.46. The van der Waals surface area contributed by atoms with E-state index in [1.165, 1.54) is 10.9 Å². The van der Waals surface area contributed by atoms with Gasteiger partial charge in [0.1, 0.15) is 12.4 Å². The van der Waals surface area contributed by atoms with Gasteiger partial charge in [-0.1, -0.05) is 36.4 Å². The Morgan fingerprint density at radius 1 is 1.24 bits per heavy atom. The summed E-state index contributed by atoms with van der Waals surface area (Å²) in [7, 11) is 0. The maximum absolute atomic E-state index is 6.57. The summed E-state index contributed by atoms with van der Waals surface area (Å²) in [6, 6.07) is 14.0. The summed E-state index contributed by atoms with van der Waals surface area (Å²) < 4.78 is 7.43. The Labute approximate surface area is 156 Å². The normalized spacial score (nSPS) is 17.4. The fraction of sp³-hybridized carbons (Fsp3) is 0.200. The Kier molecular flexibility index (Phi) is 4.46. The molecule has 0 saturated carbocycles. The lowest BCUT2D eigenvalue weighted by atomic mass is 9.94. The number of hydrogen-bond acceptors (Lipinski definition) is 2. The highest BCUT2D eigenvalue weighted by Crippen LogP contribution is 2.40. The fourth-order valence-corrected chi connectivity index (χ4v) is 3.93. The first-order valence-corrected chi connectivity index (χ1v) is 8.95. The van der Waals surface area contributed by atoms with Crippen LogP contribution in [0.3, 0.4) is 0 Å². The van der Waals surface area contributed by atoms with E-state index in [2.05, 4.69) is 23.7 Å². The third-order valence-corrected chi connectivity index (χ3v) is 5.19. The summed E-state index contributed by atoms with van der Waals surface area (Å²) in [6.07, 6.45) is 2.63. The second-order valence-corrected chi connectivity index (χ2v) is 7.02. The van der Waals surface area contributed by atoms with Gasteiger partial charge in [-0.15, -0.1) is 0 Å². The van der Waals surface area contributed by atoms with Crippen LogP contribution in [0.15, 0.2) is 55.1 Å². The van der Waals surface area contributed by atoms with Crippen molar-refractivity contribution in [2.75, 3.05) is 13.2 Å². The van der Waals surface area contributed by atoms with Gasteiger partial charge in [-0.3, -0.25) is 0 Å². The molecule has 2 aromatic carbocycles. The zero-order valence-corrected chi connectivity index (χ0v) is 15.1. The predicted molar refractivity (Wildman–Crippen MR) is 104 cm³/mol. The molecule has 0 fully saturated rings. The highest BCUT2D eigenvalue weighted by atomic mass is 35.5. The van der Waals surface area contributed by atoms with Crippen LogP contribution in [0.2, 0.25) is 5.02 Å². The summed E-state index contributed by atoms with van der Waals surface area (Å²) in [5.41, 5.74) is 4.65. The van der Waals surface area contributed by atoms with Crippen LogP contribution in [0.25, 0.3) is 10.9 Å². The lowest BCUT2D eigenvalue weighted by Gasteiger charge is -2.30. The molecule has 1 N–H and O–H groups in total. The highest BCUT2D eigenvalue weighted by Gasteiger charge is 2.30. The molecule has 0 saturated heterocycles. The Balaban J connectivity index is 1.75. The third kappa shape index (κ3) is 3.04. The van der Waals surface area contributed by atoms with Gasteiger partial charge in [0.15, 0.2) is 0 Å². The van der Waals surface area contributed by atoms with Crippen molar-refractivity contribution in [2.24, 2.45) is 0 Å². The number of hydrogen-bond donors (Lipinski definition) is 1. The van der Waals surface area contributed by atoms with E-state index >= 15 is 0 Å². The third-order valence-electron chi connectivity index (χ3n) is 4.59. The van der Waals surface area contributed by atoms with Crippen molar-refractivity contribution in [3.63, 3.8) is 0 Å². The second kappa shape index (κ2) is 6.75. The molecular formula is C20H18Cl2N2O. The van der Waals surface area contributed by atoms with E-state index in [4.69, 9.17) is 28.1 Å². The quantitative estimate of drug-likeness (QED) is 0.484. The molecule has 3 aromatic rings. The summed E-state index contributed by atoms with van der Waals surface area (Å²) in [5, 5.41) is 1.94. The van der Waals surface area contributed by atoms with Crippen molar-refractivity contribution in [1.82, 2.24) is 9.40 Å². The second-order valence-electron chi connectivity index (χ2n) is 6.15. The van der Waals surface area contributed by atoms with E-state index in [9.17, 15) is 0 Å². The Morgan fingerprint density at radius 2 is 2.04 bits per heavy atom. The number of benzene rings is 2. The van der Waals surface area contributed by atoms with Crippen molar-refractivity contribution >= 4 is 34.3 Å². The summed E-state index contributed by atoms with van der Waals surface area (Å²) in [5.74, 6) is 0.823.